The predicted molar refractivity (Wildman–Crippen MR) is 72.1 cm³/mol. The Morgan fingerprint density at radius 2 is 2.28 bits per heavy atom. The van der Waals surface area contributed by atoms with Gasteiger partial charge in [-0.25, -0.2) is 4.79 Å². The number of nitrogens with zero attached hydrogens (tertiary/aromatic N) is 1. The highest BCUT2D eigenvalue weighted by atomic mass is 79.9. The Kier molecular flexibility index (Phi) is 3.92. The van der Waals surface area contributed by atoms with Crippen LogP contribution in [-0.2, 0) is 9.53 Å². The van der Waals surface area contributed by atoms with Crippen molar-refractivity contribution >= 4 is 45.1 Å². The molecule has 1 aliphatic heterocycles. The van der Waals surface area contributed by atoms with Gasteiger partial charge in [-0.1, -0.05) is 0 Å². The molecule has 0 saturated carbocycles. The molecule has 0 radical (unpaired) electrons. The average molecular weight is 333 g/mol. The number of hydrogen-bond acceptors (Lipinski definition) is 3. The van der Waals surface area contributed by atoms with E-state index in [2.05, 4.69) is 20.7 Å². The molecule has 0 N–H and O–H groups in total. The van der Waals surface area contributed by atoms with Gasteiger partial charge in [-0.05, 0) is 34.1 Å². The minimum absolute atomic E-state index is 0.0125. The van der Waals surface area contributed by atoms with Crippen LogP contribution in [0.1, 0.15) is 16.8 Å². The van der Waals surface area contributed by atoms with Crippen LogP contribution in [0.2, 0.25) is 0 Å². The van der Waals surface area contributed by atoms with E-state index in [1.54, 1.807) is 23.1 Å². The van der Waals surface area contributed by atoms with Crippen LogP contribution in [0.15, 0.2) is 22.7 Å². The van der Waals surface area contributed by atoms with Gasteiger partial charge in [0.15, 0.2) is 0 Å². The van der Waals surface area contributed by atoms with E-state index < -0.39 is 5.97 Å². The molecule has 1 saturated heterocycles. The van der Waals surface area contributed by atoms with Crippen LogP contribution in [0, 0.1) is 0 Å². The van der Waals surface area contributed by atoms with E-state index in [-0.39, 0.29) is 11.3 Å². The first-order valence-electron chi connectivity index (χ1n) is 5.35. The summed E-state index contributed by atoms with van der Waals surface area (Å²) in [5.74, 6) is -0.424. The number of amides is 1. The minimum atomic E-state index is -0.412. The summed E-state index contributed by atoms with van der Waals surface area (Å²) in [6.45, 7) is 0.483. The Morgan fingerprint density at radius 1 is 1.56 bits per heavy atom. The number of ether oxygens (including phenoxy) is 1. The van der Waals surface area contributed by atoms with Gasteiger partial charge in [-0.15, -0.1) is 11.6 Å². The molecular weight excluding hydrogens is 321 g/mol. The van der Waals surface area contributed by atoms with Crippen molar-refractivity contribution in [2.24, 2.45) is 0 Å². The average Bonchev–Trinajstić information content (AvgIpc) is 2.67. The molecule has 18 heavy (non-hydrogen) atoms. The molecule has 0 bridgehead atoms. The van der Waals surface area contributed by atoms with E-state index in [0.29, 0.717) is 23.0 Å². The number of esters is 1. The predicted octanol–water partition coefficient (Wildman–Crippen LogP) is 2.58. The summed E-state index contributed by atoms with van der Waals surface area (Å²) >= 11 is 9.31. The molecule has 96 valence electrons. The molecule has 6 heteroatoms. The van der Waals surface area contributed by atoms with E-state index in [0.717, 1.165) is 5.69 Å². The lowest BCUT2D eigenvalue weighted by molar-refractivity contribution is -0.117. The summed E-state index contributed by atoms with van der Waals surface area (Å²) < 4.78 is 5.30. The molecular formula is C12H11BrClNO3. The number of methoxy groups -OCH3 is 1. The second-order valence-electron chi connectivity index (χ2n) is 3.96. The Morgan fingerprint density at radius 3 is 2.78 bits per heavy atom. The summed E-state index contributed by atoms with van der Waals surface area (Å²) in [5, 5.41) is -0.162. The van der Waals surface area contributed by atoms with Crippen LogP contribution < -0.4 is 4.90 Å². The zero-order chi connectivity index (χ0) is 13.3. The molecule has 0 spiro atoms. The van der Waals surface area contributed by atoms with Crippen LogP contribution in [0.25, 0.3) is 0 Å². The van der Waals surface area contributed by atoms with Gasteiger partial charge < -0.3 is 9.64 Å². The smallest absolute Gasteiger partial charge is 0.337 e. The standard InChI is InChI=1S/C12H11BrClNO3/c1-18-12(17)7-2-3-10(9(13)4-7)15-6-8(14)5-11(15)16/h2-4,8H,5-6H2,1H3. The third-order valence-corrected chi connectivity index (χ3v) is 3.66. The fourth-order valence-electron chi connectivity index (χ4n) is 1.87. The maximum absolute atomic E-state index is 11.7. The summed E-state index contributed by atoms with van der Waals surface area (Å²) in [6, 6.07) is 4.97. The minimum Gasteiger partial charge on any atom is -0.465 e. The SMILES string of the molecule is COC(=O)c1ccc(N2CC(Cl)CC2=O)c(Br)c1. The molecule has 1 aliphatic rings. The maximum Gasteiger partial charge on any atom is 0.337 e. The highest BCUT2D eigenvalue weighted by molar-refractivity contribution is 9.10. The van der Waals surface area contributed by atoms with Crippen molar-refractivity contribution in [2.75, 3.05) is 18.6 Å². The van der Waals surface area contributed by atoms with Crippen molar-refractivity contribution < 1.29 is 14.3 Å². The lowest BCUT2D eigenvalue weighted by Gasteiger charge is -2.18. The van der Waals surface area contributed by atoms with Crippen LogP contribution in [-0.4, -0.2) is 30.9 Å². The maximum atomic E-state index is 11.7. The van der Waals surface area contributed by atoms with Crippen LogP contribution in [0.5, 0.6) is 0 Å². The van der Waals surface area contributed by atoms with Gasteiger partial charge in [0.05, 0.1) is 23.7 Å². The lowest BCUT2D eigenvalue weighted by Crippen LogP contribution is -2.25. The number of carbonyl (C=O) groups excluding carboxylic acids is 2. The number of benzene rings is 1. The van der Waals surface area contributed by atoms with Crippen LogP contribution in [0.4, 0.5) is 5.69 Å². The number of anilines is 1. The first-order chi connectivity index (χ1) is 8.52. The number of alkyl halides is 1. The first kappa shape index (κ1) is 13.4. The molecule has 2 rings (SSSR count). The van der Waals surface area contributed by atoms with Crippen molar-refractivity contribution in [3.63, 3.8) is 0 Å². The molecule has 1 heterocycles. The van der Waals surface area contributed by atoms with E-state index in [1.807, 2.05) is 0 Å². The number of hydrogen-bond donors (Lipinski definition) is 0. The van der Waals surface area contributed by atoms with Crippen molar-refractivity contribution in [3.05, 3.63) is 28.2 Å². The van der Waals surface area contributed by atoms with E-state index >= 15 is 0 Å². The molecule has 1 unspecified atom stereocenters. The fourth-order valence-corrected chi connectivity index (χ4v) is 2.73. The number of carbonyl (C=O) groups is 2. The Hall–Kier alpha value is -1.07. The van der Waals surface area contributed by atoms with Gasteiger partial charge in [0.2, 0.25) is 5.91 Å². The molecule has 1 aromatic carbocycles. The monoisotopic (exact) mass is 331 g/mol. The van der Waals surface area contributed by atoms with Gasteiger partial charge in [-0.3, -0.25) is 4.79 Å². The molecule has 1 aromatic rings. The Balaban J connectivity index is 2.30. The summed E-state index contributed by atoms with van der Waals surface area (Å²) in [5.41, 5.74) is 1.15. The topological polar surface area (TPSA) is 46.6 Å². The third kappa shape index (κ3) is 2.52. The van der Waals surface area contributed by atoms with Crippen molar-refractivity contribution in [2.45, 2.75) is 11.8 Å². The van der Waals surface area contributed by atoms with Crippen LogP contribution in [0.3, 0.4) is 0 Å². The second kappa shape index (κ2) is 5.28. The second-order valence-corrected chi connectivity index (χ2v) is 5.44. The highest BCUT2D eigenvalue weighted by Gasteiger charge is 2.30. The summed E-state index contributed by atoms with van der Waals surface area (Å²) in [6.07, 6.45) is 0.340. The fraction of sp³-hybridized carbons (Fsp3) is 0.333. The van der Waals surface area contributed by atoms with Gasteiger partial charge in [0.25, 0.3) is 0 Å². The summed E-state index contributed by atoms with van der Waals surface area (Å²) in [4.78, 5) is 24.7. The zero-order valence-corrected chi connectivity index (χ0v) is 12.0. The van der Waals surface area contributed by atoms with E-state index in [4.69, 9.17) is 11.6 Å². The summed E-state index contributed by atoms with van der Waals surface area (Å²) in [7, 11) is 1.33. The van der Waals surface area contributed by atoms with Crippen molar-refractivity contribution in [3.8, 4) is 0 Å². The number of halogens is 2. The first-order valence-corrected chi connectivity index (χ1v) is 6.58. The van der Waals surface area contributed by atoms with Gasteiger partial charge in [0, 0.05) is 17.4 Å². The molecule has 4 nitrogen and oxygen atoms in total. The largest absolute Gasteiger partial charge is 0.465 e. The Bertz CT molecular complexity index is 506. The quantitative estimate of drug-likeness (QED) is 0.618. The zero-order valence-electron chi connectivity index (χ0n) is 9.65. The van der Waals surface area contributed by atoms with Crippen molar-refractivity contribution in [1.29, 1.82) is 0 Å². The normalized spacial score (nSPS) is 19.2. The lowest BCUT2D eigenvalue weighted by atomic mass is 10.2. The van der Waals surface area contributed by atoms with Gasteiger partial charge in [-0.2, -0.15) is 0 Å². The van der Waals surface area contributed by atoms with Gasteiger partial charge >= 0.3 is 5.97 Å². The molecule has 0 aliphatic carbocycles. The molecule has 1 fully saturated rings. The van der Waals surface area contributed by atoms with E-state index in [1.165, 1.54) is 7.11 Å². The van der Waals surface area contributed by atoms with E-state index in [9.17, 15) is 9.59 Å². The number of rotatable bonds is 2. The van der Waals surface area contributed by atoms with Crippen LogP contribution >= 0.6 is 27.5 Å². The van der Waals surface area contributed by atoms with Gasteiger partial charge in [0.1, 0.15) is 0 Å². The molecule has 1 atom stereocenters. The molecule has 1 amide bonds. The Labute approximate surface area is 118 Å². The third-order valence-electron chi connectivity index (χ3n) is 2.74. The van der Waals surface area contributed by atoms with Crippen molar-refractivity contribution in [1.82, 2.24) is 0 Å². The highest BCUT2D eigenvalue weighted by Crippen LogP contribution is 2.31. The molecule has 0 aromatic heterocycles.